The predicted molar refractivity (Wildman–Crippen MR) is 78.3 cm³/mol. The fourth-order valence-electron chi connectivity index (χ4n) is 2.67. The van der Waals surface area contributed by atoms with Crippen molar-refractivity contribution in [3.8, 4) is 5.75 Å². The van der Waals surface area contributed by atoms with Crippen molar-refractivity contribution in [3.05, 3.63) is 24.3 Å². The van der Waals surface area contributed by atoms with Gasteiger partial charge in [-0.3, -0.25) is 0 Å². The Hall–Kier alpha value is -1.75. The van der Waals surface area contributed by atoms with E-state index in [0.29, 0.717) is 18.6 Å². The number of likely N-dealkylation sites (tertiary alicyclic amines) is 1. The number of nitrogens with one attached hydrogen (secondary N) is 1. The zero-order valence-electron chi connectivity index (χ0n) is 12.1. The molecule has 5 nitrogen and oxygen atoms in total. The van der Waals surface area contributed by atoms with Crippen LogP contribution >= 0.6 is 0 Å². The molecular formula is C15H22N2O3. The molecule has 0 aromatic heterocycles. The van der Waals surface area contributed by atoms with Crippen LogP contribution in [0.5, 0.6) is 5.75 Å². The molecule has 0 saturated carbocycles. The minimum absolute atomic E-state index is 0.580. The smallest absolute Gasteiger partial charge is 0.329 e. The Morgan fingerprint density at radius 1 is 1.35 bits per heavy atom. The Morgan fingerprint density at radius 3 is 2.80 bits per heavy atom. The van der Waals surface area contributed by atoms with E-state index in [0.717, 1.165) is 25.2 Å². The standard InChI is InChI=1S/C15H22N2O3/c1-17-10-5-8-15(9-11-17,14(18)19)16-12-6-3-4-7-13(12)20-2/h3-4,6-7,16H,5,8-11H2,1-2H3,(H,18,19). The van der Waals surface area contributed by atoms with Crippen molar-refractivity contribution in [2.45, 2.75) is 24.8 Å². The third-order valence-corrected chi connectivity index (χ3v) is 3.95. The van der Waals surface area contributed by atoms with Crippen molar-refractivity contribution in [3.63, 3.8) is 0 Å². The van der Waals surface area contributed by atoms with Crippen molar-refractivity contribution in [2.24, 2.45) is 0 Å². The van der Waals surface area contributed by atoms with Crippen LogP contribution in [0, 0.1) is 0 Å². The maximum Gasteiger partial charge on any atom is 0.329 e. The molecule has 1 saturated heterocycles. The number of ether oxygens (including phenoxy) is 1. The van der Waals surface area contributed by atoms with E-state index in [1.807, 2.05) is 31.3 Å². The first-order valence-corrected chi connectivity index (χ1v) is 6.90. The summed E-state index contributed by atoms with van der Waals surface area (Å²) in [5.41, 5.74) is -0.179. The number of aliphatic carboxylic acids is 1. The number of carboxylic acid groups (broad SMARTS) is 1. The number of carboxylic acids is 1. The minimum atomic E-state index is -0.917. The van der Waals surface area contributed by atoms with E-state index in [2.05, 4.69) is 10.2 Å². The molecule has 5 heteroatoms. The van der Waals surface area contributed by atoms with Crippen molar-refractivity contribution >= 4 is 11.7 Å². The van der Waals surface area contributed by atoms with Gasteiger partial charge in [-0.1, -0.05) is 12.1 Å². The number of carbonyl (C=O) groups is 1. The van der Waals surface area contributed by atoms with E-state index in [1.54, 1.807) is 7.11 Å². The molecule has 20 heavy (non-hydrogen) atoms. The molecule has 0 bridgehead atoms. The first-order chi connectivity index (χ1) is 9.57. The van der Waals surface area contributed by atoms with E-state index in [4.69, 9.17) is 4.74 Å². The molecule has 1 aromatic carbocycles. The summed E-state index contributed by atoms with van der Waals surface area (Å²) in [5, 5.41) is 12.9. The van der Waals surface area contributed by atoms with Gasteiger partial charge in [0, 0.05) is 6.54 Å². The lowest BCUT2D eigenvalue weighted by Gasteiger charge is -2.31. The number of para-hydroxylation sites is 2. The second-order valence-corrected chi connectivity index (χ2v) is 5.37. The highest BCUT2D eigenvalue weighted by atomic mass is 16.5. The van der Waals surface area contributed by atoms with Crippen LogP contribution in [0.1, 0.15) is 19.3 Å². The minimum Gasteiger partial charge on any atom is -0.495 e. The summed E-state index contributed by atoms with van der Waals surface area (Å²) in [7, 11) is 3.62. The van der Waals surface area contributed by atoms with Crippen LogP contribution in [0.15, 0.2) is 24.3 Å². The van der Waals surface area contributed by atoms with Crippen molar-refractivity contribution in [2.75, 3.05) is 32.6 Å². The van der Waals surface area contributed by atoms with E-state index >= 15 is 0 Å². The fourth-order valence-corrected chi connectivity index (χ4v) is 2.67. The number of benzene rings is 1. The first kappa shape index (κ1) is 14.7. The van der Waals surface area contributed by atoms with Crippen molar-refractivity contribution in [1.82, 2.24) is 4.90 Å². The summed E-state index contributed by atoms with van der Waals surface area (Å²) >= 11 is 0. The molecule has 2 rings (SSSR count). The zero-order valence-corrected chi connectivity index (χ0v) is 12.1. The number of nitrogens with zero attached hydrogens (tertiary/aromatic N) is 1. The normalized spacial score (nSPS) is 23.9. The number of rotatable bonds is 4. The largest absolute Gasteiger partial charge is 0.495 e. The quantitative estimate of drug-likeness (QED) is 0.882. The van der Waals surface area contributed by atoms with E-state index in [9.17, 15) is 9.90 Å². The van der Waals surface area contributed by atoms with Crippen LogP contribution in [0.4, 0.5) is 5.69 Å². The van der Waals surface area contributed by atoms with Crippen LogP contribution in [0.25, 0.3) is 0 Å². The molecule has 110 valence electrons. The summed E-state index contributed by atoms with van der Waals surface area (Å²) in [6.07, 6.45) is 2.06. The maximum absolute atomic E-state index is 11.8. The van der Waals surface area contributed by atoms with Crippen molar-refractivity contribution in [1.29, 1.82) is 0 Å². The third kappa shape index (κ3) is 3.04. The molecule has 1 aromatic rings. The van der Waals surface area contributed by atoms with Gasteiger partial charge in [-0.05, 0) is 45.0 Å². The van der Waals surface area contributed by atoms with Gasteiger partial charge in [-0.2, -0.15) is 0 Å². The Morgan fingerprint density at radius 2 is 2.10 bits per heavy atom. The van der Waals surface area contributed by atoms with Gasteiger partial charge in [0.25, 0.3) is 0 Å². The van der Waals surface area contributed by atoms with E-state index < -0.39 is 11.5 Å². The summed E-state index contributed by atoms with van der Waals surface area (Å²) in [5.74, 6) is -0.121. The number of methoxy groups -OCH3 is 1. The second kappa shape index (κ2) is 6.13. The third-order valence-electron chi connectivity index (χ3n) is 3.95. The molecule has 1 atom stereocenters. The molecule has 1 unspecified atom stereocenters. The molecule has 0 radical (unpaired) electrons. The van der Waals surface area contributed by atoms with Gasteiger partial charge in [-0.25, -0.2) is 4.79 Å². The van der Waals surface area contributed by atoms with E-state index in [1.165, 1.54) is 0 Å². The molecule has 2 N–H and O–H groups in total. The molecule has 0 aliphatic carbocycles. The second-order valence-electron chi connectivity index (χ2n) is 5.37. The highest BCUT2D eigenvalue weighted by Crippen LogP contribution is 2.32. The highest BCUT2D eigenvalue weighted by Gasteiger charge is 2.39. The number of hydrogen-bond acceptors (Lipinski definition) is 4. The van der Waals surface area contributed by atoms with Gasteiger partial charge < -0.3 is 20.1 Å². The van der Waals surface area contributed by atoms with Crippen LogP contribution in [-0.4, -0.2) is 48.8 Å². The SMILES string of the molecule is COc1ccccc1NC1(C(=O)O)CCCN(C)CC1. The first-order valence-electron chi connectivity index (χ1n) is 6.90. The van der Waals surface area contributed by atoms with Gasteiger partial charge in [0.15, 0.2) is 0 Å². The average molecular weight is 278 g/mol. The van der Waals surface area contributed by atoms with Crippen LogP contribution < -0.4 is 10.1 Å². The van der Waals surface area contributed by atoms with Gasteiger partial charge in [-0.15, -0.1) is 0 Å². The summed E-state index contributed by atoms with van der Waals surface area (Å²) < 4.78 is 5.30. The summed E-state index contributed by atoms with van der Waals surface area (Å²) in [6, 6.07) is 7.44. The Bertz CT molecular complexity index is 478. The summed E-state index contributed by atoms with van der Waals surface area (Å²) in [4.78, 5) is 14.0. The highest BCUT2D eigenvalue weighted by molar-refractivity contribution is 5.83. The average Bonchev–Trinajstić information content (AvgIpc) is 2.63. The molecule has 0 amide bonds. The topological polar surface area (TPSA) is 61.8 Å². The lowest BCUT2D eigenvalue weighted by molar-refractivity contribution is -0.142. The van der Waals surface area contributed by atoms with E-state index in [-0.39, 0.29) is 0 Å². The number of hydrogen-bond donors (Lipinski definition) is 2. The molecule has 0 spiro atoms. The van der Waals surface area contributed by atoms with Crippen LogP contribution in [0.3, 0.4) is 0 Å². The van der Waals surface area contributed by atoms with Gasteiger partial charge in [0.05, 0.1) is 12.8 Å². The van der Waals surface area contributed by atoms with Crippen LogP contribution in [0.2, 0.25) is 0 Å². The molecule has 1 aliphatic rings. The monoisotopic (exact) mass is 278 g/mol. The zero-order chi connectivity index (χ0) is 14.6. The molecular weight excluding hydrogens is 256 g/mol. The van der Waals surface area contributed by atoms with Gasteiger partial charge in [0.2, 0.25) is 0 Å². The Kier molecular flexibility index (Phi) is 4.49. The van der Waals surface area contributed by atoms with Gasteiger partial charge >= 0.3 is 5.97 Å². The Labute approximate surface area is 119 Å². The lowest BCUT2D eigenvalue weighted by Crippen LogP contribution is -2.47. The summed E-state index contributed by atoms with van der Waals surface area (Å²) in [6.45, 7) is 1.71. The molecule has 1 fully saturated rings. The molecule has 1 aliphatic heterocycles. The number of anilines is 1. The van der Waals surface area contributed by atoms with Gasteiger partial charge in [0.1, 0.15) is 11.3 Å². The van der Waals surface area contributed by atoms with Crippen LogP contribution in [-0.2, 0) is 4.79 Å². The predicted octanol–water partition coefficient (Wildman–Crippen LogP) is 2.05. The maximum atomic E-state index is 11.8. The fraction of sp³-hybridized carbons (Fsp3) is 0.533. The lowest BCUT2D eigenvalue weighted by atomic mass is 9.90. The molecule has 1 heterocycles. The Balaban J connectivity index is 2.27. The van der Waals surface area contributed by atoms with Crippen molar-refractivity contribution < 1.29 is 14.6 Å².